The summed E-state index contributed by atoms with van der Waals surface area (Å²) < 4.78 is 25.1. The van der Waals surface area contributed by atoms with E-state index in [-0.39, 0.29) is 5.66 Å². The maximum Gasteiger partial charge on any atom is 0.339 e. The van der Waals surface area contributed by atoms with Crippen molar-refractivity contribution >= 4 is 18.4 Å². The zero-order valence-corrected chi connectivity index (χ0v) is 14.7. The van der Waals surface area contributed by atoms with Gasteiger partial charge in [0.05, 0.1) is 5.66 Å². The van der Waals surface area contributed by atoms with E-state index in [4.69, 9.17) is 9.05 Å². The standard InChI is InChI=1S/C18H23O3P/c1-13(22(19)20-17(2,3)18(4,5)21-22)15-11-10-14-8-6-7-9-16(14)12-15/h6-13H,1-5H3. The van der Waals surface area contributed by atoms with Gasteiger partial charge in [-0.25, -0.2) is 0 Å². The highest BCUT2D eigenvalue weighted by Gasteiger charge is 2.57. The van der Waals surface area contributed by atoms with Crippen LogP contribution in [-0.4, -0.2) is 11.2 Å². The van der Waals surface area contributed by atoms with Crippen molar-refractivity contribution < 1.29 is 13.6 Å². The van der Waals surface area contributed by atoms with Crippen molar-refractivity contribution in [2.24, 2.45) is 0 Å². The van der Waals surface area contributed by atoms with Gasteiger partial charge in [0.15, 0.2) is 0 Å². The molecule has 0 saturated carbocycles. The molecule has 4 heteroatoms. The van der Waals surface area contributed by atoms with Gasteiger partial charge in [-0.3, -0.25) is 13.6 Å². The molecule has 0 amide bonds. The van der Waals surface area contributed by atoms with E-state index in [2.05, 4.69) is 24.3 Å². The Morgan fingerprint density at radius 2 is 1.45 bits per heavy atom. The second-order valence-corrected chi connectivity index (χ2v) is 9.25. The number of hydrogen-bond acceptors (Lipinski definition) is 3. The zero-order chi connectivity index (χ0) is 16.2. The monoisotopic (exact) mass is 318 g/mol. The van der Waals surface area contributed by atoms with Crippen LogP contribution >= 0.6 is 7.60 Å². The van der Waals surface area contributed by atoms with Crippen LogP contribution in [0.2, 0.25) is 0 Å². The Labute approximate surface area is 132 Å². The van der Waals surface area contributed by atoms with Crippen molar-refractivity contribution in [1.82, 2.24) is 0 Å². The van der Waals surface area contributed by atoms with Crippen molar-refractivity contribution in [3.8, 4) is 0 Å². The Bertz CT molecular complexity index is 744. The second kappa shape index (κ2) is 4.92. The molecule has 0 spiro atoms. The maximum atomic E-state index is 13.2. The summed E-state index contributed by atoms with van der Waals surface area (Å²) in [6.07, 6.45) is 0. The molecule has 1 fully saturated rings. The molecule has 118 valence electrons. The van der Waals surface area contributed by atoms with Crippen molar-refractivity contribution in [3.63, 3.8) is 0 Å². The van der Waals surface area contributed by atoms with Crippen LogP contribution in [0, 0.1) is 0 Å². The molecule has 0 aliphatic carbocycles. The first-order valence-corrected chi connectivity index (χ1v) is 9.26. The molecule has 1 unspecified atom stereocenters. The van der Waals surface area contributed by atoms with Crippen LogP contribution < -0.4 is 0 Å². The van der Waals surface area contributed by atoms with E-state index in [0.29, 0.717) is 0 Å². The number of rotatable bonds is 2. The summed E-state index contributed by atoms with van der Waals surface area (Å²) in [5.41, 5.74) is -0.463. The number of benzene rings is 2. The van der Waals surface area contributed by atoms with Crippen LogP contribution in [0.5, 0.6) is 0 Å². The Kier molecular flexibility index (Phi) is 3.52. The first kappa shape index (κ1) is 15.7. The average molecular weight is 318 g/mol. The topological polar surface area (TPSA) is 35.5 Å². The molecule has 1 saturated heterocycles. The van der Waals surface area contributed by atoms with E-state index >= 15 is 0 Å². The maximum absolute atomic E-state index is 13.2. The number of fused-ring (bicyclic) bond motifs is 1. The van der Waals surface area contributed by atoms with Crippen LogP contribution in [0.3, 0.4) is 0 Å². The summed E-state index contributed by atoms with van der Waals surface area (Å²) in [6.45, 7) is 9.64. The summed E-state index contributed by atoms with van der Waals surface area (Å²) >= 11 is 0. The summed E-state index contributed by atoms with van der Waals surface area (Å²) in [7, 11) is -3.20. The predicted molar refractivity (Wildman–Crippen MR) is 90.3 cm³/mol. The minimum Gasteiger partial charge on any atom is -0.299 e. The second-order valence-electron chi connectivity index (χ2n) is 7.03. The van der Waals surface area contributed by atoms with Gasteiger partial charge in [0, 0.05) is 0 Å². The normalized spacial score (nSPS) is 23.5. The van der Waals surface area contributed by atoms with Gasteiger partial charge in [-0.1, -0.05) is 42.5 Å². The lowest BCUT2D eigenvalue weighted by Gasteiger charge is -2.29. The molecule has 0 radical (unpaired) electrons. The third kappa shape index (κ3) is 2.42. The molecule has 0 N–H and O–H groups in total. The molecule has 0 bridgehead atoms. The van der Waals surface area contributed by atoms with Gasteiger partial charge in [-0.05, 0) is 51.0 Å². The van der Waals surface area contributed by atoms with E-state index in [0.717, 1.165) is 10.9 Å². The van der Waals surface area contributed by atoms with Gasteiger partial charge >= 0.3 is 7.60 Å². The molecule has 3 nitrogen and oxygen atoms in total. The minimum atomic E-state index is -3.20. The van der Waals surface area contributed by atoms with Gasteiger partial charge < -0.3 is 0 Å². The van der Waals surface area contributed by atoms with Crippen LogP contribution in [0.4, 0.5) is 0 Å². The van der Waals surface area contributed by atoms with Crippen LogP contribution in [0.1, 0.15) is 45.8 Å². The SMILES string of the molecule is CC(c1ccc2ccccc2c1)P1(=O)OC(C)(C)C(C)(C)O1. The summed E-state index contributed by atoms with van der Waals surface area (Å²) in [4.78, 5) is 0. The van der Waals surface area contributed by atoms with Crippen LogP contribution in [0.25, 0.3) is 10.8 Å². The van der Waals surface area contributed by atoms with Crippen molar-refractivity contribution in [2.45, 2.75) is 51.5 Å². The lowest BCUT2D eigenvalue weighted by molar-refractivity contribution is 0.00578. The molecule has 22 heavy (non-hydrogen) atoms. The van der Waals surface area contributed by atoms with Crippen molar-refractivity contribution in [3.05, 3.63) is 48.0 Å². The molecule has 1 aliphatic heterocycles. The highest BCUT2D eigenvalue weighted by atomic mass is 31.2. The smallest absolute Gasteiger partial charge is 0.299 e. The number of hydrogen-bond donors (Lipinski definition) is 0. The summed E-state index contributed by atoms with van der Waals surface area (Å²) in [5, 5.41) is 2.31. The summed E-state index contributed by atoms with van der Waals surface area (Å²) in [5.74, 6) is 0. The molecule has 1 aliphatic rings. The zero-order valence-electron chi connectivity index (χ0n) is 13.8. The first-order valence-electron chi connectivity index (χ1n) is 7.65. The Balaban J connectivity index is 1.99. The molecule has 3 rings (SSSR count). The highest BCUT2D eigenvalue weighted by molar-refractivity contribution is 7.54. The van der Waals surface area contributed by atoms with Crippen LogP contribution in [0.15, 0.2) is 42.5 Å². The van der Waals surface area contributed by atoms with Gasteiger partial charge in [-0.2, -0.15) is 0 Å². The Morgan fingerprint density at radius 1 is 0.909 bits per heavy atom. The van der Waals surface area contributed by atoms with Crippen LogP contribution in [-0.2, 0) is 13.6 Å². The van der Waals surface area contributed by atoms with Gasteiger partial charge in [0.25, 0.3) is 0 Å². The fourth-order valence-corrected chi connectivity index (χ4v) is 5.27. The molecule has 0 aromatic heterocycles. The molecular formula is C18H23O3P. The van der Waals surface area contributed by atoms with E-state index < -0.39 is 18.8 Å². The van der Waals surface area contributed by atoms with Gasteiger partial charge in [-0.15, -0.1) is 0 Å². The van der Waals surface area contributed by atoms with Gasteiger partial charge in [0.2, 0.25) is 0 Å². The molecule has 1 atom stereocenters. The molecule has 2 aromatic carbocycles. The lowest BCUT2D eigenvalue weighted by Crippen LogP contribution is -2.41. The average Bonchev–Trinajstić information content (AvgIpc) is 2.61. The van der Waals surface area contributed by atoms with E-state index in [1.54, 1.807) is 0 Å². The van der Waals surface area contributed by atoms with E-state index in [1.807, 2.05) is 52.8 Å². The quantitative estimate of drug-likeness (QED) is 0.666. The van der Waals surface area contributed by atoms with E-state index in [9.17, 15) is 4.57 Å². The minimum absolute atomic E-state index is 0.293. The van der Waals surface area contributed by atoms with E-state index in [1.165, 1.54) is 5.39 Å². The van der Waals surface area contributed by atoms with Crippen molar-refractivity contribution in [1.29, 1.82) is 0 Å². The fraction of sp³-hybridized carbons (Fsp3) is 0.444. The third-order valence-corrected chi connectivity index (χ3v) is 7.56. The fourth-order valence-electron chi connectivity index (χ4n) is 2.68. The Morgan fingerprint density at radius 3 is 2.05 bits per heavy atom. The lowest BCUT2D eigenvalue weighted by atomic mass is 9.90. The molecule has 2 aromatic rings. The van der Waals surface area contributed by atoms with Crippen molar-refractivity contribution in [2.75, 3.05) is 0 Å². The largest absolute Gasteiger partial charge is 0.339 e. The predicted octanol–water partition coefficient (Wildman–Crippen LogP) is 5.70. The summed E-state index contributed by atoms with van der Waals surface area (Å²) in [6, 6.07) is 14.3. The molecule has 1 heterocycles. The Hall–Kier alpha value is -1.15. The third-order valence-electron chi connectivity index (χ3n) is 4.89. The van der Waals surface area contributed by atoms with Gasteiger partial charge in [0.1, 0.15) is 11.2 Å². The first-order chi connectivity index (χ1) is 10.1. The molecular weight excluding hydrogens is 295 g/mol. The highest BCUT2D eigenvalue weighted by Crippen LogP contribution is 2.71.